The van der Waals surface area contributed by atoms with E-state index in [1.807, 2.05) is 21.1 Å². The molecule has 0 aromatic rings. The third-order valence-electron chi connectivity index (χ3n) is 15.4. The van der Waals surface area contributed by atoms with Crippen LogP contribution in [0, 0.1) is 0 Å². The Balaban J connectivity index is 4.02. The maximum absolute atomic E-state index is 12.9. The summed E-state index contributed by atoms with van der Waals surface area (Å²) in [6.45, 7) is 4.36. The minimum absolute atomic E-state index is 0.0308. The molecule has 0 amide bonds. The lowest BCUT2D eigenvalue weighted by molar-refractivity contribution is -0.870. The molecule has 0 aliphatic rings. The van der Waals surface area contributed by atoms with E-state index in [0.29, 0.717) is 23.9 Å². The highest BCUT2D eigenvalue weighted by Gasteiger charge is 2.27. The van der Waals surface area contributed by atoms with Crippen LogP contribution in [0.2, 0.25) is 0 Å². The summed E-state index contributed by atoms with van der Waals surface area (Å²) in [7, 11) is 1.48. The number of ether oxygens (including phenoxy) is 2. The molecule has 2 unspecified atom stereocenters. The molecule has 9 nitrogen and oxygen atoms in total. The zero-order chi connectivity index (χ0) is 61.9. The molecule has 1 N–H and O–H groups in total. The predicted molar refractivity (Wildman–Crippen MR) is 367 cm³/mol. The highest BCUT2D eigenvalue weighted by atomic mass is 31.2. The summed E-state index contributed by atoms with van der Waals surface area (Å²) in [6, 6.07) is 0. The minimum atomic E-state index is -4.39. The molecule has 0 saturated heterocycles. The van der Waals surface area contributed by atoms with E-state index in [0.717, 1.165) is 89.9 Å². The fourth-order valence-electron chi connectivity index (χ4n) is 9.98. The molecule has 0 spiro atoms. The first-order valence-corrected chi connectivity index (χ1v) is 37.0. The van der Waals surface area contributed by atoms with Crippen LogP contribution in [0.15, 0.2) is 97.2 Å². The Labute approximate surface area is 525 Å². The first-order valence-electron chi connectivity index (χ1n) is 35.5. The number of likely N-dealkylation sites (N-methyl/N-ethyl adjacent to an activating group) is 1. The maximum atomic E-state index is 12.9. The van der Waals surface area contributed by atoms with Gasteiger partial charge in [0.2, 0.25) is 0 Å². The van der Waals surface area contributed by atoms with Gasteiger partial charge in [0, 0.05) is 12.8 Å². The number of hydrogen-bond donors (Lipinski definition) is 1. The van der Waals surface area contributed by atoms with Gasteiger partial charge in [0.25, 0.3) is 0 Å². The molecule has 0 aromatic carbocycles. The van der Waals surface area contributed by atoms with E-state index in [4.69, 9.17) is 18.5 Å². The first kappa shape index (κ1) is 81.9. The quantitative estimate of drug-likeness (QED) is 0.0211. The van der Waals surface area contributed by atoms with Gasteiger partial charge in [-0.1, -0.05) is 323 Å². The molecule has 0 aliphatic heterocycles. The molecule has 0 heterocycles. The summed E-state index contributed by atoms with van der Waals surface area (Å²) in [4.78, 5) is 35.9. The van der Waals surface area contributed by atoms with Crippen LogP contribution >= 0.6 is 7.82 Å². The molecule has 0 radical (unpaired) electrons. The van der Waals surface area contributed by atoms with Crippen molar-refractivity contribution in [3.63, 3.8) is 0 Å². The highest BCUT2D eigenvalue weighted by molar-refractivity contribution is 7.47. The molecule has 492 valence electrons. The second kappa shape index (κ2) is 65.4. The number of carbonyl (C=O) groups excluding carboxylic acids is 2. The van der Waals surface area contributed by atoms with Gasteiger partial charge >= 0.3 is 19.8 Å². The van der Waals surface area contributed by atoms with E-state index in [2.05, 4.69) is 111 Å². The number of phosphoric acid groups is 1. The Morgan fingerprint density at radius 3 is 1.00 bits per heavy atom. The standard InChI is InChI=1S/C75H134NO8P/c1-6-8-10-12-14-16-18-20-22-24-26-28-30-31-32-33-34-35-36-37-38-39-40-41-42-43-44-45-46-48-50-52-54-56-58-60-62-64-66-68-75(78)84-73(72-83-85(79,80)82-70-69-76(3,4)5)71-81-74(77)67-65-63-61-59-57-55-53-51-49-47-29-27-25-23-21-19-17-15-13-11-9-7-2/h8,10,14,16,20,22,26,28,31-32,34-35,37-38,40-41,73H,6-7,9,11-13,15,17-19,21,23-25,27,29-30,33,36,39,42-72H2,1-5H3/p+1/b10-8-,16-14-,22-20-,28-26-,32-31-,35-34-,38-37-,41-40-. The lowest BCUT2D eigenvalue weighted by atomic mass is 10.0. The molecule has 0 fully saturated rings. The van der Waals surface area contributed by atoms with Crippen LogP contribution < -0.4 is 0 Å². The number of quaternary nitrogens is 1. The maximum Gasteiger partial charge on any atom is 0.472 e. The summed E-state index contributed by atoms with van der Waals surface area (Å²) in [5.41, 5.74) is 0. The number of rotatable bonds is 65. The number of hydrogen-bond acceptors (Lipinski definition) is 7. The Morgan fingerprint density at radius 2 is 0.671 bits per heavy atom. The van der Waals surface area contributed by atoms with Crippen LogP contribution in [-0.4, -0.2) is 74.9 Å². The normalized spacial score (nSPS) is 13.7. The topological polar surface area (TPSA) is 108 Å². The number of phosphoric ester groups is 1. The molecule has 0 saturated carbocycles. The molecule has 2 atom stereocenters. The largest absolute Gasteiger partial charge is 0.472 e. The fourth-order valence-corrected chi connectivity index (χ4v) is 10.7. The van der Waals surface area contributed by atoms with Gasteiger partial charge in [0.05, 0.1) is 27.7 Å². The van der Waals surface area contributed by atoms with Crippen molar-refractivity contribution in [2.24, 2.45) is 0 Å². The van der Waals surface area contributed by atoms with Crippen molar-refractivity contribution in [1.82, 2.24) is 0 Å². The Bertz CT molecular complexity index is 1760. The fraction of sp³-hybridized carbons (Fsp3) is 0.760. The van der Waals surface area contributed by atoms with Crippen LogP contribution in [-0.2, 0) is 32.7 Å². The Morgan fingerprint density at radius 1 is 0.376 bits per heavy atom. The number of unbranched alkanes of at least 4 members (excludes halogenated alkanes) is 35. The molecule has 0 rings (SSSR count). The molecule has 85 heavy (non-hydrogen) atoms. The van der Waals surface area contributed by atoms with Crippen molar-refractivity contribution >= 4 is 19.8 Å². The summed E-state index contributed by atoms with van der Waals surface area (Å²) >= 11 is 0. The van der Waals surface area contributed by atoms with Gasteiger partial charge in [-0.05, 0) is 77.0 Å². The average molecular weight is 1210 g/mol. The lowest BCUT2D eigenvalue weighted by Crippen LogP contribution is -2.37. The van der Waals surface area contributed by atoms with E-state index in [-0.39, 0.29) is 25.6 Å². The van der Waals surface area contributed by atoms with E-state index in [1.54, 1.807) is 0 Å². The van der Waals surface area contributed by atoms with E-state index in [9.17, 15) is 19.0 Å². The SMILES string of the molecule is CC/C=C\C/C=C\C/C=C\C/C=C\C/C=C\C/C=C\C/C=C\C/C=C\CCCCCCCCCCCCCCCCC(=O)OC(COC(=O)CCCCCCCCCCCCCCCCCCCCCCCC)COP(=O)(O)OCC[N+](C)(C)C. The van der Waals surface area contributed by atoms with Crippen molar-refractivity contribution in [2.75, 3.05) is 47.5 Å². The zero-order valence-electron chi connectivity index (χ0n) is 56.1. The number of esters is 2. The average Bonchev–Trinajstić information content (AvgIpc) is 3.50. The molecular weight excluding hydrogens is 1070 g/mol. The zero-order valence-corrected chi connectivity index (χ0v) is 57.0. The highest BCUT2D eigenvalue weighted by Crippen LogP contribution is 2.43. The summed E-state index contributed by atoms with van der Waals surface area (Å²) in [5.74, 6) is -0.786. The predicted octanol–water partition coefficient (Wildman–Crippen LogP) is 23.1. The van der Waals surface area contributed by atoms with Gasteiger partial charge in [-0.3, -0.25) is 18.6 Å². The summed E-state index contributed by atoms with van der Waals surface area (Å²) < 4.78 is 34.7. The third kappa shape index (κ3) is 69.9. The van der Waals surface area contributed by atoms with Gasteiger partial charge in [0.1, 0.15) is 19.8 Å². The minimum Gasteiger partial charge on any atom is -0.462 e. The number of carbonyl (C=O) groups is 2. The van der Waals surface area contributed by atoms with Gasteiger partial charge < -0.3 is 18.9 Å². The van der Waals surface area contributed by atoms with Crippen molar-refractivity contribution in [3.8, 4) is 0 Å². The Kier molecular flexibility index (Phi) is 63.0. The van der Waals surface area contributed by atoms with E-state index >= 15 is 0 Å². The van der Waals surface area contributed by atoms with Crippen LogP contribution in [0.4, 0.5) is 0 Å². The van der Waals surface area contributed by atoms with Crippen molar-refractivity contribution < 1.29 is 42.1 Å². The van der Waals surface area contributed by atoms with Crippen molar-refractivity contribution in [2.45, 2.75) is 322 Å². The van der Waals surface area contributed by atoms with E-state index in [1.165, 1.54) is 193 Å². The molecular formula is C75H135NO8P+. The molecule has 0 bridgehead atoms. The number of allylic oxidation sites excluding steroid dienone is 16. The molecule has 0 aliphatic carbocycles. The molecule has 10 heteroatoms. The lowest BCUT2D eigenvalue weighted by Gasteiger charge is -2.24. The smallest absolute Gasteiger partial charge is 0.462 e. The van der Waals surface area contributed by atoms with Crippen LogP contribution in [0.1, 0.15) is 316 Å². The second-order valence-electron chi connectivity index (χ2n) is 24.9. The van der Waals surface area contributed by atoms with Crippen molar-refractivity contribution in [1.29, 1.82) is 0 Å². The van der Waals surface area contributed by atoms with Gasteiger partial charge in [0.15, 0.2) is 6.10 Å². The summed E-state index contributed by atoms with van der Waals surface area (Å²) in [5, 5.41) is 0. The van der Waals surface area contributed by atoms with Crippen LogP contribution in [0.5, 0.6) is 0 Å². The Hall–Kier alpha value is -3.07. The van der Waals surface area contributed by atoms with Crippen LogP contribution in [0.25, 0.3) is 0 Å². The van der Waals surface area contributed by atoms with Crippen molar-refractivity contribution in [3.05, 3.63) is 97.2 Å². The van der Waals surface area contributed by atoms with Gasteiger partial charge in [-0.2, -0.15) is 0 Å². The monoisotopic (exact) mass is 1210 g/mol. The van der Waals surface area contributed by atoms with E-state index < -0.39 is 26.5 Å². The third-order valence-corrected chi connectivity index (χ3v) is 16.4. The van der Waals surface area contributed by atoms with Gasteiger partial charge in [-0.25, -0.2) is 4.57 Å². The van der Waals surface area contributed by atoms with Gasteiger partial charge in [-0.15, -0.1) is 0 Å². The summed E-state index contributed by atoms with van der Waals surface area (Å²) in [6.07, 6.45) is 90.8. The second-order valence-corrected chi connectivity index (χ2v) is 26.4. The first-order chi connectivity index (χ1) is 41.5. The van der Waals surface area contributed by atoms with Crippen LogP contribution in [0.3, 0.4) is 0 Å². The molecule has 0 aromatic heterocycles. The number of nitrogens with zero attached hydrogens (tertiary/aromatic N) is 1.